The molecule has 1 saturated carbocycles. The lowest BCUT2D eigenvalue weighted by atomic mass is 9.93. The molecule has 1 aliphatic heterocycles. The number of halogens is 1. The summed E-state index contributed by atoms with van der Waals surface area (Å²) in [4.78, 5) is 45.4. The molecule has 2 heterocycles. The van der Waals surface area contributed by atoms with Crippen LogP contribution in [-0.2, 0) is 17.9 Å². The summed E-state index contributed by atoms with van der Waals surface area (Å²) in [5, 5.41) is 5.83. The molecule has 0 spiro atoms. The Hall–Kier alpha value is -3.23. The molecule has 1 aliphatic carbocycles. The molecule has 0 saturated heterocycles. The molecular weight excluding hydrogens is 425 g/mol. The Morgan fingerprint density at radius 1 is 1.27 bits per heavy atom. The molecule has 0 bridgehead atoms. The molecule has 1 fully saturated rings. The molecule has 2 aromatic rings. The predicted octanol–water partition coefficient (Wildman–Crippen LogP) is 2.64. The van der Waals surface area contributed by atoms with Gasteiger partial charge in [-0.15, -0.1) is 0 Å². The minimum Gasteiger partial charge on any atom is -0.351 e. The average Bonchev–Trinajstić information content (AvgIpc) is 3.45. The first-order chi connectivity index (χ1) is 15.8. The van der Waals surface area contributed by atoms with Gasteiger partial charge >= 0.3 is 0 Å². The predicted molar refractivity (Wildman–Crippen MR) is 120 cm³/mol. The Balaban J connectivity index is 1.56. The maximum Gasteiger partial charge on any atom is 0.273 e. The highest BCUT2D eigenvalue weighted by Gasteiger charge is 2.48. The first-order valence-corrected chi connectivity index (χ1v) is 11.5. The monoisotopic (exact) mass is 455 g/mol. The van der Waals surface area contributed by atoms with Crippen LogP contribution >= 0.6 is 0 Å². The van der Waals surface area contributed by atoms with Crippen molar-refractivity contribution < 1.29 is 18.8 Å². The molecule has 2 N–H and O–H groups in total. The van der Waals surface area contributed by atoms with Crippen LogP contribution in [0.5, 0.6) is 0 Å². The molecule has 8 nitrogen and oxygen atoms in total. The molecule has 2 aliphatic rings. The summed E-state index contributed by atoms with van der Waals surface area (Å²) in [5.41, 5.74) is -0.285. The number of benzene rings is 1. The molecule has 0 radical (unpaired) electrons. The third-order valence-corrected chi connectivity index (χ3v) is 6.54. The van der Waals surface area contributed by atoms with Gasteiger partial charge in [-0.2, -0.15) is 0 Å². The molecule has 1 unspecified atom stereocenters. The van der Waals surface area contributed by atoms with Crippen molar-refractivity contribution in [3.8, 4) is 0 Å². The fraction of sp³-hybridized carbons (Fsp3) is 0.500. The van der Waals surface area contributed by atoms with E-state index in [1.807, 2.05) is 6.92 Å². The van der Waals surface area contributed by atoms with Gasteiger partial charge < -0.3 is 20.1 Å². The SMILES string of the molecule is CCCN1C(=O)c2c(C(=O)NCc3cccc(F)c3)ncn2CC1(C)C(=O)NC1CCCC1. The van der Waals surface area contributed by atoms with E-state index in [4.69, 9.17) is 0 Å². The minimum absolute atomic E-state index is 0.00996. The molecule has 1 aromatic heterocycles. The Kier molecular flexibility index (Phi) is 6.49. The van der Waals surface area contributed by atoms with Gasteiger partial charge in [-0.3, -0.25) is 14.4 Å². The van der Waals surface area contributed by atoms with Crippen LogP contribution in [0.4, 0.5) is 4.39 Å². The lowest BCUT2D eigenvalue weighted by molar-refractivity contribution is -0.133. The van der Waals surface area contributed by atoms with Crippen LogP contribution in [0.15, 0.2) is 30.6 Å². The van der Waals surface area contributed by atoms with E-state index in [1.54, 1.807) is 28.5 Å². The normalized spacial score (nSPS) is 20.6. The van der Waals surface area contributed by atoms with Gasteiger partial charge in [-0.1, -0.05) is 31.9 Å². The van der Waals surface area contributed by atoms with Gasteiger partial charge in [0, 0.05) is 19.1 Å². The summed E-state index contributed by atoms with van der Waals surface area (Å²) in [6.07, 6.45) is 6.21. The standard InChI is InChI=1S/C24H30FN5O3/c1-3-11-30-22(32)20-19(21(31)26-13-16-7-6-8-17(25)12-16)27-15-29(20)14-24(30,2)23(33)28-18-9-4-5-10-18/h6-8,12,15,18H,3-5,9-11,13-14H2,1-2H3,(H,26,31)(H,28,33). The molecule has 1 aromatic carbocycles. The van der Waals surface area contributed by atoms with Gasteiger partial charge in [0.25, 0.3) is 11.8 Å². The second-order valence-corrected chi connectivity index (χ2v) is 9.07. The average molecular weight is 456 g/mol. The number of aromatic nitrogens is 2. The van der Waals surface area contributed by atoms with E-state index in [9.17, 15) is 18.8 Å². The highest BCUT2D eigenvalue weighted by Crippen LogP contribution is 2.30. The van der Waals surface area contributed by atoms with Crippen molar-refractivity contribution >= 4 is 17.7 Å². The molecular formula is C24H30FN5O3. The van der Waals surface area contributed by atoms with Crippen LogP contribution in [0.25, 0.3) is 0 Å². The molecule has 9 heteroatoms. The van der Waals surface area contributed by atoms with Gasteiger partial charge in [-0.05, 0) is 43.9 Å². The number of rotatable bonds is 7. The summed E-state index contributed by atoms with van der Waals surface area (Å²) in [6.45, 7) is 4.44. The highest BCUT2D eigenvalue weighted by atomic mass is 19.1. The number of fused-ring (bicyclic) bond motifs is 1. The summed E-state index contributed by atoms with van der Waals surface area (Å²) < 4.78 is 15.0. The largest absolute Gasteiger partial charge is 0.351 e. The number of nitrogens with one attached hydrogen (secondary N) is 2. The first-order valence-electron chi connectivity index (χ1n) is 11.5. The second kappa shape index (κ2) is 9.33. The van der Waals surface area contributed by atoms with E-state index in [1.165, 1.54) is 18.5 Å². The molecule has 33 heavy (non-hydrogen) atoms. The van der Waals surface area contributed by atoms with Crippen LogP contribution in [0, 0.1) is 5.82 Å². The summed E-state index contributed by atoms with van der Waals surface area (Å²) in [6, 6.07) is 6.08. The number of carbonyl (C=O) groups is 3. The van der Waals surface area contributed by atoms with E-state index in [2.05, 4.69) is 15.6 Å². The van der Waals surface area contributed by atoms with Crippen molar-refractivity contribution in [2.75, 3.05) is 6.54 Å². The van der Waals surface area contributed by atoms with Crippen molar-refractivity contribution in [3.63, 3.8) is 0 Å². The Morgan fingerprint density at radius 2 is 2.03 bits per heavy atom. The Bertz CT molecular complexity index is 1060. The van der Waals surface area contributed by atoms with Crippen LogP contribution in [0.3, 0.4) is 0 Å². The van der Waals surface area contributed by atoms with Gasteiger partial charge in [0.15, 0.2) is 5.69 Å². The van der Waals surface area contributed by atoms with Gasteiger partial charge in [0.1, 0.15) is 17.1 Å². The highest BCUT2D eigenvalue weighted by molar-refractivity contribution is 6.07. The van der Waals surface area contributed by atoms with Crippen molar-refractivity contribution in [1.82, 2.24) is 25.1 Å². The summed E-state index contributed by atoms with van der Waals surface area (Å²) in [7, 11) is 0. The van der Waals surface area contributed by atoms with Crippen molar-refractivity contribution in [3.05, 3.63) is 53.4 Å². The van der Waals surface area contributed by atoms with Crippen molar-refractivity contribution in [1.29, 1.82) is 0 Å². The number of hydrogen-bond donors (Lipinski definition) is 2. The third kappa shape index (κ3) is 4.49. The second-order valence-electron chi connectivity index (χ2n) is 9.07. The number of nitrogens with zero attached hydrogens (tertiary/aromatic N) is 3. The van der Waals surface area contributed by atoms with Crippen molar-refractivity contribution in [2.24, 2.45) is 0 Å². The molecule has 4 rings (SSSR count). The lowest BCUT2D eigenvalue weighted by Crippen LogP contribution is -2.65. The minimum atomic E-state index is -1.07. The Morgan fingerprint density at radius 3 is 2.73 bits per heavy atom. The van der Waals surface area contributed by atoms with E-state index < -0.39 is 11.4 Å². The number of carbonyl (C=O) groups excluding carboxylic acids is 3. The van der Waals surface area contributed by atoms with Gasteiger partial charge in [0.2, 0.25) is 5.91 Å². The lowest BCUT2D eigenvalue weighted by Gasteiger charge is -2.44. The fourth-order valence-corrected chi connectivity index (χ4v) is 4.75. The quantitative estimate of drug-likeness (QED) is 0.671. The Labute approximate surface area is 192 Å². The van der Waals surface area contributed by atoms with E-state index in [-0.39, 0.29) is 48.2 Å². The zero-order valence-corrected chi connectivity index (χ0v) is 19.1. The number of imidazole rings is 1. The summed E-state index contributed by atoms with van der Waals surface area (Å²) >= 11 is 0. The van der Waals surface area contributed by atoms with Crippen LogP contribution in [0.2, 0.25) is 0 Å². The maximum atomic E-state index is 13.5. The van der Waals surface area contributed by atoms with Crippen molar-refractivity contribution in [2.45, 2.75) is 70.6 Å². The van der Waals surface area contributed by atoms with Gasteiger partial charge in [-0.25, -0.2) is 9.37 Å². The third-order valence-electron chi connectivity index (χ3n) is 6.54. The smallest absolute Gasteiger partial charge is 0.273 e. The zero-order chi connectivity index (χ0) is 23.6. The van der Waals surface area contributed by atoms with Gasteiger partial charge in [0.05, 0.1) is 12.9 Å². The maximum absolute atomic E-state index is 13.5. The molecule has 176 valence electrons. The molecule has 3 amide bonds. The molecule has 1 atom stereocenters. The van der Waals surface area contributed by atoms with Crippen LogP contribution < -0.4 is 10.6 Å². The topological polar surface area (TPSA) is 96.3 Å². The summed E-state index contributed by atoms with van der Waals surface area (Å²) in [5.74, 6) is -1.47. The van der Waals surface area contributed by atoms with Crippen LogP contribution in [-0.4, -0.2) is 50.3 Å². The number of hydrogen-bond acceptors (Lipinski definition) is 4. The van der Waals surface area contributed by atoms with Crippen LogP contribution in [0.1, 0.15) is 72.5 Å². The zero-order valence-electron chi connectivity index (χ0n) is 19.1. The van der Waals surface area contributed by atoms with E-state index >= 15 is 0 Å². The first kappa shape index (κ1) is 22.9. The van der Waals surface area contributed by atoms with E-state index in [0.29, 0.717) is 18.5 Å². The number of amides is 3. The fourth-order valence-electron chi connectivity index (χ4n) is 4.75. The van der Waals surface area contributed by atoms with E-state index in [0.717, 1.165) is 25.7 Å².